The number of phenols is 1. The van der Waals surface area contributed by atoms with Gasteiger partial charge in [-0.2, -0.15) is 0 Å². The highest BCUT2D eigenvalue weighted by Crippen LogP contribution is 2.26. The maximum Gasteiger partial charge on any atom is 0.407 e. The molecule has 0 saturated carbocycles. The third-order valence-corrected chi connectivity index (χ3v) is 5.77. The topological polar surface area (TPSA) is 119 Å². The van der Waals surface area contributed by atoms with Crippen LogP contribution in [0.2, 0.25) is 0 Å². The number of methoxy groups -OCH3 is 1. The molecule has 0 bridgehead atoms. The van der Waals surface area contributed by atoms with Gasteiger partial charge in [0.25, 0.3) is 0 Å². The molecular formula is C21H25NO7S. The zero-order valence-corrected chi connectivity index (χ0v) is 18.1. The van der Waals surface area contributed by atoms with E-state index in [0.29, 0.717) is 13.0 Å². The van der Waals surface area contributed by atoms with E-state index in [2.05, 4.69) is 10.1 Å². The van der Waals surface area contributed by atoms with Gasteiger partial charge in [-0.25, -0.2) is 18.0 Å². The van der Waals surface area contributed by atoms with Crippen molar-refractivity contribution in [3.05, 3.63) is 53.6 Å². The van der Waals surface area contributed by atoms with E-state index in [0.717, 1.165) is 24.8 Å². The summed E-state index contributed by atoms with van der Waals surface area (Å²) in [5.41, 5.74) is 0.0107. The van der Waals surface area contributed by atoms with Crippen molar-refractivity contribution < 1.29 is 32.6 Å². The fraction of sp³-hybridized carbons (Fsp3) is 0.333. The average molecular weight is 435 g/mol. The Hall–Kier alpha value is -3.07. The van der Waals surface area contributed by atoms with Crippen molar-refractivity contribution in [1.29, 1.82) is 0 Å². The minimum absolute atomic E-state index is 0.0351. The number of nitrogens with one attached hydrogen (secondary N) is 1. The Morgan fingerprint density at radius 3 is 2.20 bits per heavy atom. The SMILES string of the molecule is COC(=O)c1cc(S(=O)(=O)c2ccc(CCNC(=O)OC(C)(C)C)cc2)ccc1O. The van der Waals surface area contributed by atoms with E-state index in [1.807, 2.05) is 0 Å². The van der Waals surface area contributed by atoms with E-state index in [1.54, 1.807) is 32.9 Å². The fourth-order valence-electron chi connectivity index (χ4n) is 2.55. The van der Waals surface area contributed by atoms with E-state index < -0.39 is 27.5 Å². The molecule has 0 unspecified atom stereocenters. The predicted octanol–water partition coefficient (Wildman–Crippen LogP) is 3.08. The molecule has 2 aromatic rings. The first kappa shape index (κ1) is 23.2. The zero-order chi connectivity index (χ0) is 22.5. The van der Waals surface area contributed by atoms with Crippen LogP contribution < -0.4 is 5.32 Å². The number of carbonyl (C=O) groups excluding carboxylic acids is 2. The summed E-state index contributed by atoms with van der Waals surface area (Å²) < 4.78 is 35.4. The Bertz CT molecular complexity index is 1020. The van der Waals surface area contributed by atoms with Crippen LogP contribution in [-0.4, -0.2) is 44.8 Å². The quantitative estimate of drug-likeness (QED) is 0.669. The molecular weight excluding hydrogens is 410 g/mol. The summed E-state index contributed by atoms with van der Waals surface area (Å²) in [7, 11) is -2.76. The van der Waals surface area contributed by atoms with Crippen molar-refractivity contribution in [3.63, 3.8) is 0 Å². The van der Waals surface area contributed by atoms with Crippen LogP contribution in [0, 0.1) is 0 Å². The molecule has 30 heavy (non-hydrogen) atoms. The van der Waals surface area contributed by atoms with Gasteiger partial charge in [-0.1, -0.05) is 12.1 Å². The maximum absolute atomic E-state index is 12.8. The first-order chi connectivity index (χ1) is 13.9. The van der Waals surface area contributed by atoms with Gasteiger partial charge in [-0.05, 0) is 63.1 Å². The lowest BCUT2D eigenvalue weighted by Crippen LogP contribution is -2.33. The van der Waals surface area contributed by atoms with Gasteiger partial charge < -0.3 is 19.9 Å². The first-order valence-corrected chi connectivity index (χ1v) is 10.6. The highest BCUT2D eigenvalue weighted by atomic mass is 32.2. The van der Waals surface area contributed by atoms with Gasteiger partial charge in [0.2, 0.25) is 9.84 Å². The van der Waals surface area contributed by atoms with E-state index >= 15 is 0 Å². The normalized spacial score (nSPS) is 11.6. The van der Waals surface area contributed by atoms with Gasteiger partial charge in [-0.15, -0.1) is 0 Å². The number of phenolic OH excluding ortho intramolecular Hbond substituents is 1. The molecule has 0 aromatic heterocycles. The van der Waals surface area contributed by atoms with Crippen molar-refractivity contribution in [2.75, 3.05) is 13.7 Å². The molecule has 1 amide bonds. The molecule has 0 spiro atoms. The number of carbonyl (C=O) groups is 2. The summed E-state index contributed by atoms with van der Waals surface area (Å²) in [6, 6.07) is 9.61. The van der Waals surface area contributed by atoms with E-state index in [1.165, 1.54) is 18.2 Å². The smallest absolute Gasteiger partial charge is 0.407 e. The molecule has 162 valence electrons. The minimum atomic E-state index is -3.90. The third kappa shape index (κ3) is 5.96. The molecule has 0 radical (unpaired) electrons. The van der Waals surface area contributed by atoms with Gasteiger partial charge in [0.1, 0.15) is 16.9 Å². The van der Waals surface area contributed by atoms with Crippen molar-refractivity contribution in [3.8, 4) is 5.75 Å². The fourth-order valence-corrected chi connectivity index (χ4v) is 3.84. The van der Waals surface area contributed by atoms with Gasteiger partial charge in [0.15, 0.2) is 0 Å². The van der Waals surface area contributed by atoms with Crippen LogP contribution in [0.3, 0.4) is 0 Å². The minimum Gasteiger partial charge on any atom is -0.507 e. The number of rotatable bonds is 6. The highest BCUT2D eigenvalue weighted by molar-refractivity contribution is 7.91. The van der Waals surface area contributed by atoms with Crippen LogP contribution in [-0.2, 0) is 25.7 Å². The van der Waals surface area contributed by atoms with E-state index in [9.17, 15) is 23.1 Å². The maximum atomic E-state index is 12.8. The number of alkyl carbamates (subject to hydrolysis) is 1. The molecule has 0 fully saturated rings. The van der Waals surface area contributed by atoms with Crippen LogP contribution in [0.5, 0.6) is 5.75 Å². The van der Waals surface area contributed by atoms with Crippen LogP contribution in [0.4, 0.5) is 4.79 Å². The molecule has 0 aliphatic heterocycles. The largest absolute Gasteiger partial charge is 0.507 e. The molecule has 0 aliphatic carbocycles. The number of benzene rings is 2. The van der Waals surface area contributed by atoms with Gasteiger partial charge in [0, 0.05) is 6.54 Å². The Kier molecular flexibility index (Phi) is 7.09. The molecule has 2 rings (SSSR count). The molecule has 0 aliphatic rings. The van der Waals surface area contributed by atoms with Gasteiger partial charge in [0.05, 0.1) is 16.9 Å². The van der Waals surface area contributed by atoms with Crippen LogP contribution >= 0.6 is 0 Å². The summed E-state index contributed by atoms with van der Waals surface area (Å²) in [6.07, 6.45) is -0.0268. The number of amides is 1. The van der Waals surface area contributed by atoms with E-state index in [-0.39, 0.29) is 21.1 Å². The van der Waals surface area contributed by atoms with Crippen LogP contribution in [0.25, 0.3) is 0 Å². The molecule has 0 heterocycles. The van der Waals surface area contributed by atoms with Crippen molar-refractivity contribution >= 4 is 21.9 Å². The Balaban J connectivity index is 2.10. The molecule has 9 heteroatoms. The Labute approximate surface area is 175 Å². The molecule has 2 aromatic carbocycles. The molecule has 0 atom stereocenters. The summed E-state index contributed by atoms with van der Waals surface area (Å²) in [5.74, 6) is -1.20. The molecule has 8 nitrogen and oxygen atoms in total. The highest BCUT2D eigenvalue weighted by Gasteiger charge is 2.22. The molecule has 2 N–H and O–H groups in total. The summed E-state index contributed by atoms with van der Waals surface area (Å²) in [4.78, 5) is 23.2. The number of ether oxygens (including phenoxy) is 2. The number of sulfone groups is 1. The summed E-state index contributed by atoms with van der Waals surface area (Å²) in [6.45, 7) is 5.65. The van der Waals surface area contributed by atoms with Crippen LogP contribution in [0.15, 0.2) is 52.3 Å². The van der Waals surface area contributed by atoms with Crippen molar-refractivity contribution in [2.24, 2.45) is 0 Å². The van der Waals surface area contributed by atoms with Gasteiger partial charge >= 0.3 is 12.1 Å². The van der Waals surface area contributed by atoms with Crippen molar-refractivity contribution in [1.82, 2.24) is 5.32 Å². The number of aromatic hydroxyl groups is 1. The zero-order valence-electron chi connectivity index (χ0n) is 17.3. The summed E-state index contributed by atoms with van der Waals surface area (Å²) >= 11 is 0. The standard InChI is InChI=1S/C21H25NO7S/c1-21(2,3)29-20(25)22-12-11-14-5-7-15(8-6-14)30(26,27)16-9-10-18(23)17(13-16)19(24)28-4/h5-10,13,23H,11-12H2,1-4H3,(H,22,25). The van der Waals surface area contributed by atoms with Gasteiger partial charge in [-0.3, -0.25) is 0 Å². The second-order valence-electron chi connectivity index (χ2n) is 7.50. The second-order valence-corrected chi connectivity index (χ2v) is 9.45. The monoisotopic (exact) mass is 435 g/mol. The lowest BCUT2D eigenvalue weighted by molar-refractivity contribution is 0.0527. The van der Waals surface area contributed by atoms with Crippen molar-refractivity contribution in [2.45, 2.75) is 42.6 Å². The van der Waals surface area contributed by atoms with Crippen LogP contribution in [0.1, 0.15) is 36.7 Å². The first-order valence-electron chi connectivity index (χ1n) is 9.16. The predicted molar refractivity (Wildman–Crippen MR) is 109 cm³/mol. The summed E-state index contributed by atoms with van der Waals surface area (Å²) in [5, 5.41) is 12.4. The Morgan fingerprint density at radius 1 is 1.03 bits per heavy atom. The molecule has 0 saturated heterocycles. The number of esters is 1. The van der Waals surface area contributed by atoms with E-state index in [4.69, 9.17) is 4.74 Å². The Morgan fingerprint density at radius 2 is 1.63 bits per heavy atom. The number of hydrogen-bond donors (Lipinski definition) is 2. The lowest BCUT2D eigenvalue weighted by Gasteiger charge is -2.19. The average Bonchev–Trinajstić information content (AvgIpc) is 2.66. The number of hydrogen-bond acceptors (Lipinski definition) is 7. The lowest BCUT2D eigenvalue weighted by atomic mass is 10.1. The third-order valence-electron chi connectivity index (χ3n) is 4.00. The second kappa shape index (κ2) is 9.17.